The van der Waals surface area contributed by atoms with Gasteiger partial charge in [0.05, 0.1) is 5.69 Å². The molecule has 0 radical (unpaired) electrons. The first kappa shape index (κ1) is 16.5. The third-order valence-corrected chi connectivity index (χ3v) is 4.56. The number of hydrogen-bond acceptors (Lipinski definition) is 7. The van der Waals surface area contributed by atoms with E-state index < -0.39 is 6.23 Å². The van der Waals surface area contributed by atoms with E-state index in [9.17, 15) is 4.79 Å². The first-order valence-corrected chi connectivity index (χ1v) is 9.16. The van der Waals surface area contributed by atoms with Crippen LogP contribution in [0.25, 0.3) is 11.3 Å². The largest absolute Gasteiger partial charge is 0.447 e. The van der Waals surface area contributed by atoms with Crippen molar-refractivity contribution in [3.05, 3.63) is 54.4 Å². The van der Waals surface area contributed by atoms with Gasteiger partial charge in [0.15, 0.2) is 5.69 Å². The number of para-hydroxylation sites is 1. The SMILES string of the molecule is CSc1nnc2c(n1)O[C@H](c1ccncc1)N(C(C)=O)c1ccccc1-2. The fraction of sp³-hybridized carbons (Fsp3) is 0.167. The standard InChI is InChI=1S/C18H15N5O2S/c1-11(24)23-14-6-4-3-5-13(14)15-16(20-18(26-2)22-21-15)25-17(23)12-7-9-19-10-8-12/h3-10,17H,1-2H3/t17-/m1/s1. The predicted molar refractivity (Wildman–Crippen MR) is 97.8 cm³/mol. The molecule has 4 rings (SSSR count). The molecule has 1 aliphatic rings. The van der Waals surface area contributed by atoms with Crippen molar-refractivity contribution in [2.45, 2.75) is 18.3 Å². The number of fused-ring (bicyclic) bond motifs is 3. The molecule has 2 aromatic heterocycles. The number of thioether (sulfide) groups is 1. The van der Waals surface area contributed by atoms with Gasteiger partial charge in [0.25, 0.3) is 0 Å². The molecule has 8 heteroatoms. The molecule has 26 heavy (non-hydrogen) atoms. The van der Waals surface area contributed by atoms with Crippen molar-refractivity contribution in [1.82, 2.24) is 20.2 Å². The molecule has 1 aromatic carbocycles. The summed E-state index contributed by atoms with van der Waals surface area (Å²) in [7, 11) is 0. The summed E-state index contributed by atoms with van der Waals surface area (Å²) in [6.45, 7) is 1.51. The summed E-state index contributed by atoms with van der Waals surface area (Å²) in [6, 6.07) is 11.2. The van der Waals surface area contributed by atoms with Gasteiger partial charge in [-0.05, 0) is 24.5 Å². The normalized spacial score (nSPS) is 15.5. The van der Waals surface area contributed by atoms with E-state index in [1.165, 1.54) is 18.7 Å². The van der Waals surface area contributed by atoms with Gasteiger partial charge in [-0.3, -0.25) is 14.7 Å². The Kier molecular flexibility index (Phi) is 4.26. The Bertz CT molecular complexity index is 967. The van der Waals surface area contributed by atoms with E-state index in [4.69, 9.17) is 4.74 Å². The van der Waals surface area contributed by atoms with Crippen molar-refractivity contribution in [2.75, 3.05) is 11.2 Å². The second-order valence-electron chi connectivity index (χ2n) is 5.61. The summed E-state index contributed by atoms with van der Waals surface area (Å²) >= 11 is 1.38. The number of carbonyl (C=O) groups is 1. The Morgan fingerprint density at radius 2 is 1.92 bits per heavy atom. The molecule has 1 atom stereocenters. The highest BCUT2D eigenvalue weighted by molar-refractivity contribution is 7.98. The van der Waals surface area contributed by atoms with Crippen LogP contribution in [0.1, 0.15) is 18.7 Å². The van der Waals surface area contributed by atoms with Crippen LogP contribution in [0.15, 0.2) is 53.9 Å². The topological polar surface area (TPSA) is 81.1 Å². The molecule has 0 aliphatic carbocycles. The van der Waals surface area contributed by atoms with Crippen molar-refractivity contribution in [3.8, 4) is 17.1 Å². The van der Waals surface area contributed by atoms with Crippen molar-refractivity contribution in [1.29, 1.82) is 0 Å². The first-order chi connectivity index (χ1) is 12.7. The average Bonchev–Trinajstić information content (AvgIpc) is 2.82. The number of nitrogens with zero attached hydrogens (tertiary/aromatic N) is 5. The fourth-order valence-corrected chi connectivity index (χ4v) is 3.18. The minimum atomic E-state index is -0.677. The smallest absolute Gasteiger partial charge is 0.247 e. The van der Waals surface area contributed by atoms with E-state index in [1.54, 1.807) is 17.3 Å². The van der Waals surface area contributed by atoms with Gasteiger partial charge in [-0.25, -0.2) is 0 Å². The number of aromatic nitrogens is 4. The van der Waals surface area contributed by atoms with Crippen LogP contribution in [0.5, 0.6) is 5.88 Å². The number of anilines is 1. The average molecular weight is 365 g/mol. The van der Waals surface area contributed by atoms with Gasteiger partial charge < -0.3 is 4.74 Å². The molecule has 0 saturated carbocycles. The third-order valence-electron chi connectivity index (χ3n) is 4.02. The van der Waals surface area contributed by atoms with E-state index in [-0.39, 0.29) is 5.91 Å². The summed E-state index contributed by atoms with van der Waals surface area (Å²) in [6.07, 6.45) is 4.53. The van der Waals surface area contributed by atoms with E-state index in [0.29, 0.717) is 22.4 Å². The summed E-state index contributed by atoms with van der Waals surface area (Å²) in [5.74, 6) is 0.201. The first-order valence-electron chi connectivity index (χ1n) is 7.93. The monoisotopic (exact) mass is 365 g/mol. The Morgan fingerprint density at radius 3 is 2.65 bits per heavy atom. The van der Waals surface area contributed by atoms with Gasteiger partial charge in [0, 0.05) is 30.4 Å². The Balaban J connectivity index is 1.98. The van der Waals surface area contributed by atoms with Crippen LogP contribution in [-0.4, -0.2) is 32.3 Å². The van der Waals surface area contributed by atoms with Crippen LogP contribution >= 0.6 is 11.8 Å². The molecule has 1 amide bonds. The lowest BCUT2D eigenvalue weighted by molar-refractivity contribution is -0.118. The molecule has 0 saturated heterocycles. The maximum atomic E-state index is 12.5. The van der Waals surface area contributed by atoms with E-state index in [2.05, 4.69) is 20.2 Å². The van der Waals surface area contributed by atoms with Gasteiger partial charge in [0.2, 0.25) is 23.2 Å². The molecule has 0 unspecified atom stereocenters. The highest BCUT2D eigenvalue weighted by atomic mass is 32.2. The highest BCUT2D eigenvalue weighted by Gasteiger charge is 2.34. The molecule has 130 valence electrons. The Labute approximate surface area is 154 Å². The zero-order valence-corrected chi connectivity index (χ0v) is 15.0. The van der Waals surface area contributed by atoms with Crippen LogP contribution in [0.2, 0.25) is 0 Å². The van der Waals surface area contributed by atoms with Gasteiger partial charge in [-0.2, -0.15) is 4.98 Å². The maximum absolute atomic E-state index is 12.5. The summed E-state index contributed by atoms with van der Waals surface area (Å²) in [5.41, 5.74) is 2.76. The number of hydrogen-bond donors (Lipinski definition) is 0. The Morgan fingerprint density at radius 1 is 1.15 bits per heavy atom. The lowest BCUT2D eigenvalue weighted by Gasteiger charge is -2.29. The number of ether oxygens (including phenoxy) is 1. The van der Waals surface area contributed by atoms with E-state index >= 15 is 0 Å². The minimum absolute atomic E-state index is 0.148. The molecule has 7 nitrogen and oxygen atoms in total. The fourth-order valence-electron chi connectivity index (χ4n) is 2.88. The number of pyridine rings is 1. The van der Waals surface area contributed by atoms with E-state index in [1.807, 2.05) is 42.7 Å². The second kappa shape index (κ2) is 6.72. The van der Waals surface area contributed by atoms with E-state index in [0.717, 1.165) is 11.1 Å². The van der Waals surface area contributed by atoms with Gasteiger partial charge in [-0.15, -0.1) is 10.2 Å². The molecular formula is C18H15N5O2S. The van der Waals surface area contributed by atoms with Crippen LogP contribution < -0.4 is 9.64 Å². The minimum Gasteiger partial charge on any atom is -0.447 e. The van der Waals surface area contributed by atoms with Gasteiger partial charge in [-0.1, -0.05) is 30.0 Å². The molecule has 0 fully saturated rings. The zero-order valence-electron chi connectivity index (χ0n) is 14.2. The summed E-state index contributed by atoms with van der Waals surface area (Å²) < 4.78 is 6.19. The van der Waals surface area contributed by atoms with Crippen LogP contribution in [0.3, 0.4) is 0 Å². The molecule has 0 N–H and O–H groups in total. The quantitative estimate of drug-likeness (QED) is 0.646. The summed E-state index contributed by atoms with van der Waals surface area (Å²) in [4.78, 5) is 22.7. The van der Waals surface area contributed by atoms with Crippen LogP contribution in [-0.2, 0) is 4.79 Å². The summed E-state index contributed by atoms with van der Waals surface area (Å²) in [5, 5.41) is 8.94. The van der Waals surface area contributed by atoms with Gasteiger partial charge >= 0.3 is 0 Å². The van der Waals surface area contributed by atoms with Crippen LogP contribution in [0.4, 0.5) is 5.69 Å². The second-order valence-corrected chi connectivity index (χ2v) is 6.38. The number of rotatable bonds is 2. The van der Waals surface area contributed by atoms with Crippen LogP contribution in [0, 0.1) is 0 Å². The molecular weight excluding hydrogens is 350 g/mol. The van der Waals surface area contributed by atoms with Crippen molar-refractivity contribution in [2.24, 2.45) is 0 Å². The molecule has 3 aromatic rings. The maximum Gasteiger partial charge on any atom is 0.247 e. The lowest BCUT2D eigenvalue weighted by Crippen LogP contribution is -2.36. The zero-order chi connectivity index (χ0) is 18.1. The Hall–Kier alpha value is -3.00. The van der Waals surface area contributed by atoms with Gasteiger partial charge in [0.1, 0.15) is 0 Å². The highest BCUT2D eigenvalue weighted by Crippen LogP contribution is 2.43. The lowest BCUT2D eigenvalue weighted by atomic mass is 10.1. The third kappa shape index (κ3) is 2.78. The predicted octanol–water partition coefficient (Wildman–Crippen LogP) is 3.10. The molecule has 3 heterocycles. The molecule has 1 aliphatic heterocycles. The van der Waals surface area contributed by atoms with Crippen molar-refractivity contribution < 1.29 is 9.53 Å². The number of benzene rings is 1. The number of amides is 1. The van der Waals surface area contributed by atoms with Crippen molar-refractivity contribution in [3.63, 3.8) is 0 Å². The van der Waals surface area contributed by atoms with Crippen molar-refractivity contribution >= 4 is 23.4 Å². The molecule has 0 spiro atoms. The number of carbonyl (C=O) groups excluding carboxylic acids is 1. The molecule has 0 bridgehead atoms.